The number of benzene rings is 1. The Bertz CT molecular complexity index is 524. The molecule has 3 heteroatoms. The second-order valence-electron chi connectivity index (χ2n) is 7.04. The van der Waals surface area contributed by atoms with E-state index in [0.717, 1.165) is 18.4 Å². The van der Waals surface area contributed by atoms with Gasteiger partial charge in [0.05, 0.1) is 11.5 Å². The first-order valence-electron chi connectivity index (χ1n) is 7.70. The molecule has 1 fully saturated rings. The molecule has 0 saturated heterocycles. The predicted molar refractivity (Wildman–Crippen MR) is 84.0 cm³/mol. The van der Waals surface area contributed by atoms with Crippen LogP contribution in [-0.2, 0) is 15.0 Å². The van der Waals surface area contributed by atoms with E-state index < -0.39 is 11.5 Å². The number of ketones is 1. The summed E-state index contributed by atoms with van der Waals surface area (Å²) in [7, 11) is 0. The van der Waals surface area contributed by atoms with Crippen molar-refractivity contribution < 1.29 is 9.59 Å². The van der Waals surface area contributed by atoms with Gasteiger partial charge in [0.1, 0.15) is 0 Å². The number of hydrogen-bond donors (Lipinski definition) is 1. The third-order valence-electron chi connectivity index (χ3n) is 4.32. The first-order chi connectivity index (χ1) is 9.81. The van der Waals surface area contributed by atoms with Crippen molar-refractivity contribution in [3.63, 3.8) is 0 Å². The summed E-state index contributed by atoms with van der Waals surface area (Å²) < 4.78 is 0. The molecule has 1 aromatic carbocycles. The van der Waals surface area contributed by atoms with Gasteiger partial charge in [-0.2, -0.15) is 0 Å². The average Bonchev–Trinajstić information content (AvgIpc) is 3.25. The van der Waals surface area contributed by atoms with Gasteiger partial charge < -0.3 is 5.32 Å². The molecular weight excluding hydrogens is 262 g/mol. The Labute approximate surface area is 127 Å². The quantitative estimate of drug-likeness (QED) is 0.903. The van der Waals surface area contributed by atoms with Gasteiger partial charge in [0.25, 0.3) is 0 Å². The Morgan fingerprint density at radius 2 is 1.76 bits per heavy atom. The smallest absolute Gasteiger partial charge is 0.231 e. The number of amides is 1. The van der Waals surface area contributed by atoms with Gasteiger partial charge in [-0.25, -0.2) is 0 Å². The van der Waals surface area contributed by atoms with Crippen LogP contribution in [0.3, 0.4) is 0 Å². The highest BCUT2D eigenvalue weighted by atomic mass is 16.2. The summed E-state index contributed by atoms with van der Waals surface area (Å²) in [6, 6.07) is 9.45. The number of nitrogens with one attached hydrogen (secondary N) is 1. The summed E-state index contributed by atoms with van der Waals surface area (Å²) in [4.78, 5) is 24.9. The Morgan fingerprint density at radius 1 is 1.19 bits per heavy atom. The highest BCUT2D eigenvalue weighted by Gasteiger charge is 2.52. The van der Waals surface area contributed by atoms with Gasteiger partial charge in [0.15, 0.2) is 5.78 Å². The Balaban J connectivity index is 2.19. The lowest BCUT2D eigenvalue weighted by Crippen LogP contribution is -2.51. The summed E-state index contributed by atoms with van der Waals surface area (Å²) in [5, 5.41) is 3.02. The maximum Gasteiger partial charge on any atom is 0.231 e. The van der Waals surface area contributed by atoms with Gasteiger partial charge in [0.2, 0.25) is 5.91 Å². The van der Waals surface area contributed by atoms with Crippen molar-refractivity contribution in [1.29, 1.82) is 0 Å². The fourth-order valence-electron chi connectivity index (χ4n) is 2.78. The maximum atomic E-state index is 12.7. The number of carbonyl (C=O) groups is 2. The first kappa shape index (κ1) is 15.7. The van der Waals surface area contributed by atoms with Gasteiger partial charge in [-0.05, 0) is 23.8 Å². The molecule has 0 aromatic heterocycles. The summed E-state index contributed by atoms with van der Waals surface area (Å²) in [6.07, 6.45) is 2.17. The average molecular weight is 287 g/mol. The molecule has 1 N–H and O–H groups in total. The second kappa shape index (κ2) is 5.63. The monoisotopic (exact) mass is 287 g/mol. The molecule has 0 radical (unpaired) electrons. The van der Waals surface area contributed by atoms with Crippen LogP contribution in [0.5, 0.6) is 0 Å². The van der Waals surface area contributed by atoms with Crippen molar-refractivity contribution in [2.45, 2.75) is 58.4 Å². The van der Waals surface area contributed by atoms with E-state index in [9.17, 15) is 9.59 Å². The van der Waals surface area contributed by atoms with Crippen molar-refractivity contribution in [3.8, 4) is 0 Å². The van der Waals surface area contributed by atoms with Crippen molar-refractivity contribution >= 4 is 11.7 Å². The normalized spacial score (nSPS) is 17.9. The minimum absolute atomic E-state index is 0.00424. The third-order valence-corrected chi connectivity index (χ3v) is 4.32. The van der Waals surface area contributed by atoms with Gasteiger partial charge in [-0.1, -0.05) is 58.0 Å². The van der Waals surface area contributed by atoms with Crippen molar-refractivity contribution in [1.82, 2.24) is 5.32 Å². The second-order valence-corrected chi connectivity index (χ2v) is 7.04. The van der Waals surface area contributed by atoms with Gasteiger partial charge in [0, 0.05) is 6.42 Å². The number of rotatable bonds is 5. The minimum Gasteiger partial charge on any atom is -0.345 e. The Kier molecular flexibility index (Phi) is 4.22. The summed E-state index contributed by atoms with van der Waals surface area (Å²) in [6.45, 7) is 7.83. The van der Waals surface area contributed by atoms with Crippen LogP contribution in [0.1, 0.15) is 52.5 Å². The Morgan fingerprint density at radius 3 is 2.19 bits per heavy atom. The molecule has 1 aliphatic rings. The molecule has 1 amide bonds. The lowest BCUT2D eigenvalue weighted by Gasteiger charge is -2.31. The fraction of sp³-hybridized carbons (Fsp3) is 0.556. The third kappa shape index (κ3) is 3.17. The summed E-state index contributed by atoms with van der Waals surface area (Å²) >= 11 is 0. The summed E-state index contributed by atoms with van der Waals surface area (Å²) in [5.41, 5.74) is 0.369. The van der Waals surface area contributed by atoms with Crippen LogP contribution in [-0.4, -0.2) is 17.7 Å². The standard InChI is InChI=1S/C18H25NO2/c1-5-14(20)15(17(2,3)4)19-16(21)18(11-12-18)13-9-7-6-8-10-13/h6-10,15H,5,11-12H2,1-4H3,(H,19,21)/t15-/m1/s1. The lowest BCUT2D eigenvalue weighted by molar-refractivity contribution is -0.131. The van der Waals surface area contributed by atoms with E-state index in [-0.39, 0.29) is 17.1 Å². The van der Waals surface area contributed by atoms with Crippen molar-refractivity contribution in [3.05, 3.63) is 35.9 Å². The van der Waals surface area contributed by atoms with Crippen molar-refractivity contribution in [2.75, 3.05) is 0 Å². The van der Waals surface area contributed by atoms with Crippen LogP contribution in [0, 0.1) is 5.41 Å². The van der Waals surface area contributed by atoms with Crippen LogP contribution >= 0.6 is 0 Å². The zero-order chi connectivity index (χ0) is 15.7. The fourth-order valence-corrected chi connectivity index (χ4v) is 2.78. The van der Waals surface area contributed by atoms with Crippen molar-refractivity contribution in [2.24, 2.45) is 5.41 Å². The van der Waals surface area contributed by atoms with Gasteiger partial charge in [-0.3, -0.25) is 9.59 Å². The largest absolute Gasteiger partial charge is 0.345 e. The molecule has 0 unspecified atom stereocenters. The SMILES string of the molecule is CCC(=O)[C@@H](NC(=O)C1(c2ccccc2)CC1)C(C)(C)C. The van der Waals surface area contributed by atoms with E-state index in [1.807, 2.05) is 58.0 Å². The van der Waals surface area contributed by atoms with Crippen LogP contribution in [0.25, 0.3) is 0 Å². The van der Waals surface area contributed by atoms with Gasteiger partial charge in [-0.15, -0.1) is 0 Å². The van der Waals surface area contributed by atoms with Crippen LogP contribution < -0.4 is 5.32 Å². The van der Waals surface area contributed by atoms with E-state index >= 15 is 0 Å². The van der Waals surface area contributed by atoms with E-state index in [1.54, 1.807) is 0 Å². The lowest BCUT2D eigenvalue weighted by atomic mass is 9.82. The first-order valence-corrected chi connectivity index (χ1v) is 7.70. The molecule has 0 aliphatic heterocycles. The molecule has 3 nitrogen and oxygen atoms in total. The van der Waals surface area contributed by atoms with E-state index in [4.69, 9.17) is 0 Å². The number of Topliss-reactive ketones (excluding diaryl/α,β-unsaturated/α-hetero) is 1. The highest BCUT2D eigenvalue weighted by Crippen LogP contribution is 2.48. The molecule has 0 heterocycles. The van der Waals surface area contributed by atoms with Crippen LogP contribution in [0.2, 0.25) is 0 Å². The van der Waals surface area contributed by atoms with E-state index in [1.165, 1.54) is 0 Å². The summed E-state index contributed by atoms with van der Waals surface area (Å²) in [5.74, 6) is 0.0927. The molecule has 0 spiro atoms. The van der Waals surface area contributed by atoms with E-state index in [0.29, 0.717) is 6.42 Å². The molecular formula is C18H25NO2. The minimum atomic E-state index is -0.420. The molecule has 114 valence electrons. The molecule has 1 aliphatic carbocycles. The number of carbonyl (C=O) groups excluding carboxylic acids is 2. The zero-order valence-electron chi connectivity index (χ0n) is 13.4. The highest BCUT2D eigenvalue weighted by molar-refractivity contribution is 5.96. The molecule has 21 heavy (non-hydrogen) atoms. The van der Waals surface area contributed by atoms with Gasteiger partial charge >= 0.3 is 0 Å². The molecule has 0 bridgehead atoms. The number of hydrogen-bond acceptors (Lipinski definition) is 2. The zero-order valence-corrected chi connectivity index (χ0v) is 13.4. The topological polar surface area (TPSA) is 46.2 Å². The molecule has 1 saturated carbocycles. The maximum absolute atomic E-state index is 12.7. The van der Waals surface area contributed by atoms with Crippen LogP contribution in [0.15, 0.2) is 30.3 Å². The molecule has 1 aromatic rings. The predicted octanol–water partition coefficient (Wildman–Crippen LogP) is 3.23. The Hall–Kier alpha value is -1.64. The van der Waals surface area contributed by atoms with E-state index in [2.05, 4.69) is 5.32 Å². The van der Waals surface area contributed by atoms with Crippen LogP contribution in [0.4, 0.5) is 0 Å². The molecule has 2 rings (SSSR count). The molecule has 1 atom stereocenters.